The third kappa shape index (κ3) is 3.09. The van der Waals surface area contributed by atoms with Crippen LogP contribution >= 0.6 is 0 Å². The number of nitrogens with zero attached hydrogens (tertiary/aromatic N) is 4. The van der Waals surface area contributed by atoms with E-state index in [0.717, 1.165) is 18.5 Å². The van der Waals surface area contributed by atoms with E-state index in [9.17, 15) is 9.59 Å². The molecule has 1 unspecified atom stereocenters. The maximum atomic E-state index is 13.1. The Morgan fingerprint density at radius 2 is 1.85 bits per heavy atom. The quantitative estimate of drug-likeness (QED) is 0.845. The molecule has 0 radical (unpaired) electrons. The average molecular weight is 354 g/mol. The first-order chi connectivity index (χ1) is 12.6. The number of piperidine rings is 1. The maximum Gasteiger partial charge on any atom is 0.245 e. The molecule has 2 saturated heterocycles. The summed E-state index contributed by atoms with van der Waals surface area (Å²) in [6, 6.07) is 9.06. The molecule has 0 spiro atoms. The van der Waals surface area contributed by atoms with Crippen molar-refractivity contribution in [2.75, 3.05) is 18.0 Å². The van der Waals surface area contributed by atoms with Crippen LogP contribution in [0.5, 0.6) is 0 Å². The van der Waals surface area contributed by atoms with Crippen LogP contribution < -0.4 is 4.90 Å². The molecule has 136 valence electrons. The van der Waals surface area contributed by atoms with Gasteiger partial charge < -0.3 is 9.32 Å². The Morgan fingerprint density at radius 1 is 1.12 bits per heavy atom. The number of benzene rings is 1. The van der Waals surface area contributed by atoms with E-state index >= 15 is 0 Å². The molecule has 7 nitrogen and oxygen atoms in total. The van der Waals surface area contributed by atoms with Gasteiger partial charge in [-0.15, -0.1) is 10.2 Å². The van der Waals surface area contributed by atoms with Crippen molar-refractivity contribution in [3.63, 3.8) is 0 Å². The van der Waals surface area contributed by atoms with E-state index in [2.05, 4.69) is 10.2 Å². The zero-order chi connectivity index (χ0) is 18.1. The second kappa shape index (κ2) is 6.90. The number of para-hydroxylation sites is 1. The summed E-state index contributed by atoms with van der Waals surface area (Å²) in [5, 5.41) is 7.99. The fraction of sp³-hybridized carbons (Fsp3) is 0.474. The van der Waals surface area contributed by atoms with Crippen LogP contribution in [-0.4, -0.2) is 46.0 Å². The van der Waals surface area contributed by atoms with E-state index in [1.807, 2.05) is 35.2 Å². The van der Waals surface area contributed by atoms with Crippen LogP contribution in [-0.2, 0) is 9.59 Å². The Balaban J connectivity index is 1.44. The fourth-order valence-corrected chi connectivity index (χ4v) is 3.86. The van der Waals surface area contributed by atoms with E-state index < -0.39 is 6.04 Å². The summed E-state index contributed by atoms with van der Waals surface area (Å²) < 4.78 is 5.53. The van der Waals surface area contributed by atoms with Gasteiger partial charge in [0, 0.05) is 38.0 Å². The lowest BCUT2D eigenvalue weighted by atomic mass is 9.96. The van der Waals surface area contributed by atoms with Gasteiger partial charge in [0.1, 0.15) is 6.04 Å². The summed E-state index contributed by atoms with van der Waals surface area (Å²) >= 11 is 0. The first-order valence-corrected chi connectivity index (χ1v) is 9.09. The van der Waals surface area contributed by atoms with Crippen LogP contribution in [0.1, 0.15) is 43.4 Å². The molecule has 0 saturated carbocycles. The molecular formula is C19H22N4O3. The number of hydrogen-bond acceptors (Lipinski definition) is 5. The van der Waals surface area contributed by atoms with E-state index in [-0.39, 0.29) is 17.7 Å². The molecule has 7 heteroatoms. The molecule has 0 aliphatic carbocycles. The average Bonchev–Trinajstić information content (AvgIpc) is 3.28. The minimum atomic E-state index is -0.396. The van der Waals surface area contributed by atoms with Crippen molar-refractivity contribution in [1.29, 1.82) is 0 Å². The number of aromatic nitrogens is 2. The molecule has 2 aliphatic heterocycles. The number of aryl methyl sites for hydroxylation is 1. The monoisotopic (exact) mass is 354 g/mol. The predicted octanol–water partition coefficient (Wildman–Crippen LogP) is 2.28. The number of hydrogen-bond donors (Lipinski definition) is 0. The van der Waals surface area contributed by atoms with Gasteiger partial charge in [0.25, 0.3) is 0 Å². The van der Waals surface area contributed by atoms with E-state index in [1.54, 1.807) is 11.8 Å². The van der Waals surface area contributed by atoms with E-state index in [0.29, 0.717) is 37.7 Å². The van der Waals surface area contributed by atoms with Crippen LogP contribution in [0.3, 0.4) is 0 Å². The van der Waals surface area contributed by atoms with Gasteiger partial charge in [0.05, 0.1) is 0 Å². The molecule has 2 fully saturated rings. The summed E-state index contributed by atoms with van der Waals surface area (Å²) in [6.45, 7) is 3.08. The smallest absolute Gasteiger partial charge is 0.245 e. The van der Waals surface area contributed by atoms with Crippen LogP contribution in [0, 0.1) is 6.92 Å². The number of carbonyl (C=O) groups excluding carboxylic acids is 2. The Labute approximate surface area is 152 Å². The second-order valence-corrected chi connectivity index (χ2v) is 6.91. The highest BCUT2D eigenvalue weighted by Crippen LogP contribution is 2.31. The molecule has 1 aromatic carbocycles. The number of anilines is 1. The van der Waals surface area contributed by atoms with Crippen molar-refractivity contribution < 1.29 is 14.0 Å². The Morgan fingerprint density at radius 3 is 2.50 bits per heavy atom. The van der Waals surface area contributed by atoms with Crippen molar-refractivity contribution in [3.8, 4) is 0 Å². The second-order valence-electron chi connectivity index (χ2n) is 6.91. The first-order valence-electron chi connectivity index (χ1n) is 9.09. The van der Waals surface area contributed by atoms with Gasteiger partial charge in [-0.05, 0) is 31.4 Å². The molecule has 0 N–H and O–H groups in total. The molecule has 1 aromatic heterocycles. The molecule has 3 heterocycles. The number of likely N-dealkylation sites (tertiary alicyclic amines) is 1. The van der Waals surface area contributed by atoms with Gasteiger partial charge in [-0.3, -0.25) is 14.5 Å². The van der Waals surface area contributed by atoms with Crippen LogP contribution in [0.2, 0.25) is 0 Å². The van der Waals surface area contributed by atoms with E-state index in [1.165, 1.54) is 0 Å². The standard InChI is InChI=1S/C19H22N4O3/c1-13-20-21-18(26-13)14-9-11-22(12-10-14)19(25)16-7-8-17(24)23(16)15-5-3-2-4-6-15/h2-6,14,16H,7-12H2,1H3. The SMILES string of the molecule is Cc1nnc(C2CCN(C(=O)C3CCC(=O)N3c3ccccc3)CC2)o1. The topological polar surface area (TPSA) is 79.5 Å². The molecule has 1 atom stereocenters. The van der Waals surface area contributed by atoms with Crippen molar-refractivity contribution in [3.05, 3.63) is 42.1 Å². The minimum Gasteiger partial charge on any atom is -0.425 e. The van der Waals surface area contributed by atoms with Crippen LogP contribution in [0.15, 0.2) is 34.7 Å². The van der Waals surface area contributed by atoms with Gasteiger partial charge in [0.2, 0.25) is 23.6 Å². The number of amides is 2. The van der Waals surface area contributed by atoms with Gasteiger partial charge in [-0.2, -0.15) is 0 Å². The first kappa shape index (κ1) is 16.8. The summed E-state index contributed by atoms with van der Waals surface area (Å²) in [4.78, 5) is 28.9. The number of carbonyl (C=O) groups is 2. The van der Waals surface area contributed by atoms with Crippen molar-refractivity contribution in [2.24, 2.45) is 0 Å². The van der Waals surface area contributed by atoms with Gasteiger partial charge in [-0.25, -0.2) is 0 Å². The fourth-order valence-electron chi connectivity index (χ4n) is 3.86. The van der Waals surface area contributed by atoms with Crippen molar-refractivity contribution >= 4 is 17.5 Å². The predicted molar refractivity (Wildman–Crippen MR) is 94.5 cm³/mol. The zero-order valence-electron chi connectivity index (χ0n) is 14.8. The lowest BCUT2D eigenvalue weighted by Crippen LogP contribution is -2.49. The molecule has 26 heavy (non-hydrogen) atoms. The van der Waals surface area contributed by atoms with Crippen molar-refractivity contribution in [2.45, 2.75) is 44.6 Å². The molecule has 2 aliphatic rings. The molecule has 0 bridgehead atoms. The number of rotatable bonds is 3. The highest BCUT2D eigenvalue weighted by atomic mass is 16.4. The summed E-state index contributed by atoms with van der Waals surface area (Å²) in [5.41, 5.74) is 0.796. The normalized spacial score (nSPS) is 21.4. The lowest BCUT2D eigenvalue weighted by molar-refractivity contribution is -0.134. The van der Waals surface area contributed by atoms with Crippen LogP contribution in [0.4, 0.5) is 5.69 Å². The molecule has 2 amide bonds. The molecule has 2 aromatic rings. The molecule has 4 rings (SSSR count). The minimum absolute atomic E-state index is 0.0192. The van der Waals surface area contributed by atoms with Crippen LogP contribution in [0.25, 0.3) is 0 Å². The third-order valence-electron chi connectivity index (χ3n) is 5.23. The van der Waals surface area contributed by atoms with Gasteiger partial charge >= 0.3 is 0 Å². The third-order valence-corrected chi connectivity index (χ3v) is 5.23. The summed E-state index contributed by atoms with van der Waals surface area (Å²) in [6.07, 6.45) is 2.61. The summed E-state index contributed by atoms with van der Waals surface area (Å²) in [5.74, 6) is 1.50. The Hall–Kier alpha value is -2.70. The molecular weight excluding hydrogens is 332 g/mol. The summed E-state index contributed by atoms with van der Waals surface area (Å²) in [7, 11) is 0. The zero-order valence-corrected chi connectivity index (χ0v) is 14.8. The van der Waals surface area contributed by atoms with Gasteiger partial charge in [0.15, 0.2) is 0 Å². The Kier molecular flexibility index (Phi) is 4.44. The Bertz CT molecular complexity index is 796. The largest absolute Gasteiger partial charge is 0.425 e. The highest BCUT2D eigenvalue weighted by molar-refractivity contribution is 6.03. The highest BCUT2D eigenvalue weighted by Gasteiger charge is 2.40. The maximum absolute atomic E-state index is 13.1. The van der Waals surface area contributed by atoms with Crippen molar-refractivity contribution in [1.82, 2.24) is 15.1 Å². The lowest BCUT2D eigenvalue weighted by Gasteiger charge is -2.34. The van der Waals surface area contributed by atoms with Gasteiger partial charge in [-0.1, -0.05) is 18.2 Å². The van der Waals surface area contributed by atoms with E-state index in [4.69, 9.17) is 4.42 Å².